The van der Waals surface area contributed by atoms with Gasteiger partial charge in [0.25, 0.3) is 0 Å². The number of Topliss-reactive ketones (excluding diaryl/α,β-unsaturated/α-hetero) is 1. The van der Waals surface area contributed by atoms with Crippen molar-refractivity contribution < 1.29 is 27.9 Å². The van der Waals surface area contributed by atoms with Crippen LogP contribution in [0.2, 0.25) is 0 Å². The summed E-state index contributed by atoms with van der Waals surface area (Å²) >= 11 is 0. The molecule has 0 aliphatic carbocycles. The standard InChI is InChI=1S/C10H7F3O3/c11-7-4-9(13)8(12)2-5(7)1-6(14)3-10(15)16/h2,4H,1,3H2,(H,15,16). The molecule has 3 nitrogen and oxygen atoms in total. The second-order valence-corrected chi connectivity index (χ2v) is 3.14. The molecule has 0 aliphatic rings. The average molecular weight is 232 g/mol. The van der Waals surface area contributed by atoms with Gasteiger partial charge >= 0.3 is 5.97 Å². The fraction of sp³-hybridized carbons (Fsp3) is 0.200. The molecule has 0 heterocycles. The molecule has 86 valence electrons. The Kier molecular flexibility index (Phi) is 3.65. The molecule has 0 atom stereocenters. The third kappa shape index (κ3) is 3.08. The van der Waals surface area contributed by atoms with Crippen LogP contribution in [0.1, 0.15) is 12.0 Å². The number of hydrogen-bond acceptors (Lipinski definition) is 2. The maximum atomic E-state index is 13.0. The van der Waals surface area contributed by atoms with Gasteiger partial charge in [0.1, 0.15) is 18.0 Å². The van der Waals surface area contributed by atoms with E-state index in [1.165, 1.54) is 0 Å². The minimum Gasteiger partial charge on any atom is -0.481 e. The SMILES string of the molecule is O=C(O)CC(=O)Cc1cc(F)c(F)cc1F. The van der Waals surface area contributed by atoms with Gasteiger partial charge in [-0.1, -0.05) is 0 Å². The van der Waals surface area contributed by atoms with Crippen LogP contribution in [0.15, 0.2) is 12.1 Å². The van der Waals surface area contributed by atoms with Crippen LogP contribution < -0.4 is 0 Å². The highest BCUT2D eigenvalue weighted by Crippen LogP contribution is 2.14. The molecule has 0 spiro atoms. The minimum atomic E-state index is -1.35. The van der Waals surface area contributed by atoms with E-state index in [9.17, 15) is 22.8 Å². The average Bonchev–Trinajstić information content (AvgIpc) is 2.12. The lowest BCUT2D eigenvalue weighted by atomic mass is 10.1. The maximum Gasteiger partial charge on any atom is 0.310 e. The van der Waals surface area contributed by atoms with E-state index in [4.69, 9.17) is 5.11 Å². The van der Waals surface area contributed by atoms with E-state index in [2.05, 4.69) is 0 Å². The van der Waals surface area contributed by atoms with Crippen LogP contribution in [0.5, 0.6) is 0 Å². The number of ketones is 1. The first-order valence-corrected chi connectivity index (χ1v) is 4.27. The van der Waals surface area contributed by atoms with E-state index >= 15 is 0 Å². The highest BCUT2D eigenvalue weighted by molar-refractivity contribution is 5.95. The molecule has 1 N–H and O–H groups in total. The Labute approximate surface area is 88.5 Å². The zero-order valence-electron chi connectivity index (χ0n) is 7.97. The molecule has 1 rings (SSSR count). The molecule has 0 unspecified atom stereocenters. The lowest BCUT2D eigenvalue weighted by molar-refractivity contribution is -0.140. The van der Waals surface area contributed by atoms with Gasteiger partial charge in [0.2, 0.25) is 0 Å². The summed E-state index contributed by atoms with van der Waals surface area (Å²) < 4.78 is 38.2. The normalized spacial score (nSPS) is 10.2. The van der Waals surface area contributed by atoms with Crippen LogP contribution in [-0.4, -0.2) is 16.9 Å². The molecule has 0 aromatic heterocycles. The van der Waals surface area contributed by atoms with Crippen molar-refractivity contribution in [3.05, 3.63) is 35.1 Å². The van der Waals surface area contributed by atoms with Gasteiger partial charge in [0.05, 0.1) is 0 Å². The van der Waals surface area contributed by atoms with Crippen molar-refractivity contribution in [3.63, 3.8) is 0 Å². The van der Waals surface area contributed by atoms with Crippen molar-refractivity contribution >= 4 is 11.8 Å². The summed E-state index contributed by atoms with van der Waals surface area (Å²) in [5.74, 6) is -5.84. The molecular weight excluding hydrogens is 225 g/mol. The van der Waals surface area contributed by atoms with Gasteiger partial charge < -0.3 is 5.11 Å². The summed E-state index contributed by atoms with van der Waals surface area (Å²) in [4.78, 5) is 21.2. The third-order valence-corrected chi connectivity index (χ3v) is 1.83. The highest BCUT2D eigenvalue weighted by atomic mass is 19.2. The van der Waals surface area contributed by atoms with Gasteiger partial charge in [-0.05, 0) is 11.6 Å². The Hall–Kier alpha value is -1.85. The van der Waals surface area contributed by atoms with E-state index in [1.807, 2.05) is 0 Å². The smallest absolute Gasteiger partial charge is 0.310 e. The summed E-state index contributed by atoms with van der Waals surface area (Å²) in [5.41, 5.74) is -0.356. The maximum absolute atomic E-state index is 13.0. The Morgan fingerprint density at radius 1 is 1.06 bits per heavy atom. The number of carboxylic acid groups (broad SMARTS) is 1. The molecule has 0 radical (unpaired) electrons. The van der Waals surface area contributed by atoms with E-state index in [-0.39, 0.29) is 5.56 Å². The Morgan fingerprint density at radius 3 is 2.19 bits per heavy atom. The van der Waals surface area contributed by atoms with Crippen molar-refractivity contribution in [1.29, 1.82) is 0 Å². The summed E-state index contributed by atoms with van der Waals surface area (Å²) in [6.45, 7) is 0. The molecular formula is C10H7F3O3. The number of halogens is 3. The molecule has 0 saturated carbocycles. The second-order valence-electron chi connectivity index (χ2n) is 3.14. The summed E-state index contributed by atoms with van der Waals surface area (Å²) in [7, 11) is 0. The summed E-state index contributed by atoms with van der Waals surface area (Å²) in [6.07, 6.45) is -1.35. The van der Waals surface area contributed by atoms with E-state index < -0.39 is 42.0 Å². The lowest BCUT2D eigenvalue weighted by Gasteiger charge is -2.02. The molecule has 16 heavy (non-hydrogen) atoms. The first kappa shape index (κ1) is 12.2. The van der Waals surface area contributed by atoms with Gasteiger partial charge in [0.15, 0.2) is 11.6 Å². The van der Waals surface area contributed by atoms with Crippen molar-refractivity contribution in [3.8, 4) is 0 Å². The van der Waals surface area contributed by atoms with Crippen molar-refractivity contribution in [2.45, 2.75) is 12.8 Å². The van der Waals surface area contributed by atoms with E-state index in [0.717, 1.165) is 0 Å². The fourth-order valence-electron chi connectivity index (χ4n) is 1.14. The van der Waals surface area contributed by atoms with Crippen LogP contribution in [0, 0.1) is 17.5 Å². The molecule has 6 heteroatoms. The monoisotopic (exact) mass is 232 g/mol. The minimum absolute atomic E-state index is 0.318. The molecule has 0 bridgehead atoms. The zero-order valence-corrected chi connectivity index (χ0v) is 7.97. The Balaban J connectivity index is 2.85. The second kappa shape index (κ2) is 4.78. The van der Waals surface area contributed by atoms with Crippen LogP contribution in [0.3, 0.4) is 0 Å². The van der Waals surface area contributed by atoms with Crippen LogP contribution in [0.25, 0.3) is 0 Å². The van der Waals surface area contributed by atoms with Crippen molar-refractivity contribution in [1.82, 2.24) is 0 Å². The van der Waals surface area contributed by atoms with Crippen molar-refractivity contribution in [2.75, 3.05) is 0 Å². The van der Waals surface area contributed by atoms with E-state index in [1.54, 1.807) is 0 Å². The van der Waals surface area contributed by atoms with Gasteiger partial charge in [-0.2, -0.15) is 0 Å². The molecule has 1 aromatic carbocycles. The number of carbonyl (C=O) groups is 2. The van der Waals surface area contributed by atoms with Crippen LogP contribution in [-0.2, 0) is 16.0 Å². The molecule has 0 fully saturated rings. The largest absolute Gasteiger partial charge is 0.481 e. The number of carboxylic acids is 1. The fourth-order valence-corrected chi connectivity index (χ4v) is 1.14. The zero-order chi connectivity index (χ0) is 12.3. The molecule has 0 aliphatic heterocycles. The van der Waals surface area contributed by atoms with Crippen LogP contribution >= 0.6 is 0 Å². The first-order chi connectivity index (χ1) is 7.40. The summed E-state index contributed by atoms with van der Waals surface area (Å²) in [6, 6.07) is 0.864. The van der Waals surface area contributed by atoms with Gasteiger partial charge in [-0.3, -0.25) is 9.59 Å². The molecule has 0 saturated heterocycles. The number of carbonyl (C=O) groups excluding carboxylic acids is 1. The summed E-state index contributed by atoms with van der Waals surface area (Å²) in [5, 5.41) is 8.28. The quantitative estimate of drug-likeness (QED) is 0.634. The number of hydrogen-bond donors (Lipinski definition) is 1. The lowest BCUT2D eigenvalue weighted by Crippen LogP contribution is -2.10. The van der Waals surface area contributed by atoms with Crippen LogP contribution in [0.4, 0.5) is 13.2 Å². The van der Waals surface area contributed by atoms with E-state index in [0.29, 0.717) is 12.1 Å². The molecule has 1 aromatic rings. The van der Waals surface area contributed by atoms with Gasteiger partial charge in [-0.15, -0.1) is 0 Å². The Bertz CT molecular complexity index is 443. The predicted molar refractivity (Wildman–Crippen MR) is 47.3 cm³/mol. The molecule has 0 amide bonds. The number of aliphatic carboxylic acids is 1. The topological polar surface area (TPSA) is 54.4 Å². The third-order valence-electron chi connectivity index (χ3n) is 1.83. The predicted octanol–water partition coefficient (Wildman–Crippen LogP) is 1.69. The number of rotatable bonds is 4. The highest BCUT2D eigenvalue weighted by Gasteiger charge is 2.14. The van der Waals surface area contributed by atoms with Gasteiger partial charge in [-0.25, -0.2) is 13.2 Å². The van der Waals surface area contributed by atoms with Gasteiger partial charge in [0, 0.05) is 12.5 Å². The number of benzene rings is 1. The Morgan fingerprint density at radius 2 is 1.62 bits per heavy atom. The van der Waals surface area contributed by atoms with Crippen molar-refractivity contribution in [2.24, 2.45) is 0 Å². The first-order valence-electron chi connectivity index (χ1n) is 4.27.